The van der Waals surface area contributed by atoms with Crippen LogP contribution < -0.4 is 0 Å². The fourth-order valence-electron chi connectivity index (χ4n) is 6.52. The van der Waals surface area contributed by atoms with Crippen LogP contribution in [0.4, 0.5) is 0 Å². The standard InChI is InChI=1S/C38H23NS/c1-2-8-23(9-3-1)24-14-16-25(17-15-24)27-19-21-33-31(22-27)34-29-12-6-7-13-30(29)37-36(38(34)40-33)35-28-11-5-4-10-26(28)18-20-32(35)39-37/h1-22,39H. The van der Waals surface area contributed by atoms with Crippen LogP contribution in [0.3, 0.4) is 0 Å². The minimum Gasteiger partial charge on any atom is -0.354 e. The summed E-state index contributed by atoms with van der Waals surface area (Å²) in [6.45, 7) is 0. The van der Waals surface area contributed by atoms with E-state index in [2.05, 4.69) is 138 Å². The zero-order valence-electron chi connectivity index (χ0n) is 21.6. The van der Waals surface area contributed by atoms with E-state index in [1.54, 1.807) is 0 Å². The van der Waals surface area contributed by atoms with Gasteiger partial charge in [0.15, 0.2) is 0 Å². The van der Waals surface area contributed by atoms with E-state index in [4.69, 9.17) is 0 Å². The third-order valence-electron chi connectivity index (χ3n) is 8.39. The number of aromatic amines is 1. The molecule has 7 aromatic carbocycles. The third kappa shape index (κ3) is 3.08. The minimum atomic E-state index is 1.20. The lowest BCUT2D eigenvalue weighted by atomic mass is 9.96. The van der Waals surface area contributed by atoms with Gasteiger partial charge in [-0.2, -0.15) is 0 Å². The van der Waals surface area contributed by atoms with Crippen molar-refractivity contribution in [3.05, 3.63) is 133 Å². The van der Waals surface area contributed by atoms with E-state index < -0.39 is 0 Å². The molecule has 0 spiro atoms. The Bertz CT molecular complexity index is 2410. The van der Waals surface area contributed by atoms with E-state index in [-0.39, 0.29) is 0 Å². The van der Waals surface area contributed by atoms with Crippen LogP contribution in [0.1, 0.15) is 0 Å². The van der Waals surface area contributed by atoms with Gasteiger partial charge < -0.3 is 4.98 Å². The Morgan fingerprint density at radius 3 is 1.90 bits per heavy atom. The first-order valence-electron chi connectivity index (χ1n) is 13.7. The molecule has 0 unspecified atom stereocenters. The molecule has 186 valence electrons. The van der Waals surface area contributed by atoms with Crippen molar-refractivity contribution in [3.8, 4) is 22.3 Å². The van der Waals surface area contributed by atoms with Gasteiger partial charge in [-0.25, -0.2) is 0 Å². The second-order valence-corrected chi connectivity index (χ2v) is 11.6. The van der Waals surface area contributed by atoms with E-state index in [1.807, 2.05) is 11.3 Å². The molecule has 40 heavy (non-hydrogen) atoms. The van der Waals surface area contributed by atoms with Gasteiger partial charge in [0.25, 0.3) is 0 Å². The summed E-state index contributed by atoms with van der Waals surface area (Å²) in [7, 11) is 0. The summed E-state index contributed by atoms with van der Waals surface area (Å²) < 4.78 is 2.69. The predicted molar refractivity (Wildman–Crippen MR) is 175 cm³/mol. The fourth-order valence-corrected chi connectivity index (χ4v) is 7.78. The molecule has 2 heteroatoms. The lowest BCUT2D eigenvalue weighted by Crippen LogP contribution is -1.81. The smallest absolute Gasteiger partial charge is 0.0559 e. The molecule has 0 fully saturated rings. The molecule has 0 saturated heterocycles. The number of fused-ring (bicyclic) bond motifs is 12. The average Bonchev–Trinajstić information content (AvgIpc) is 3.61. The lowest BCUT2D eigenvalue weighted by molar-refractivity contribution is 1.57. The van der Waals surface area contributed by atoms with Crippen molar-refractivity contribution >= 4 is 74.9 Å². The first kappa shape index (κ1) is 22.0. The maximum Gasteiger partial charge on any atom is 0.0559 e. The van der Waals surface area contributed by atoms with Crippen LogP contribution in [0, 0.1) is 0 Å². The van der Waals surface area contributed by atoms with Crippen molar-refractivity contribution in [2.75, 3.05) is 0 Å². The Morgan fingerprint density at radius 1 is 0.425 bits per heavy atom. The highest BCUT2D eigenvalue weighted by molar-refractivity contribution is 7.27. The van der Waals surface area contributed by atoms with Crippen LogP contribution in [0.2, 0.25) is 0 Å². The summed E-state index contributed by atoms with van der Waals surface area (Å²) in [5, 5.41) is 10.5. The molecule has 0 radical (unpaired) electrons. The molecule has 0 aliphatic heterocycles. The summed E-state index contributed by atoms with van der Waals surface area (Å²) in [4.78, 5) is 3.81. The summed E-state index contributed by atoms with van der Waals surface area (Å²) in [5.41, 5.74) is 7.41. The van der Waals surface area contributed by atoms with Gasteiger partial charge >= 0.3 is 0 Å². The van der Waals surface area contributed by atoms with Crippen LogP contribution in [-0.2, 0) is 0 Å². The zero-order chi connectivity index (χ0) is 26.2. The molecule has 1 nitrogen and oxygen atoms in total. The second-order valence-electron chi connectivity index (χ2n) is 10.6. The van der Waals surface area contributed by atoms with Crippen LogP contribution in [-0.4, -0.2) is 4.98 Å². The number of rotatable bonds is 2. The van der Waals surface area contributed by atoms with Crippen LogP contribution in [0.15, 0.2) is 133 Å². The Hall–Kier alpha value is -4.92. The number of benzene rings is 7. The van der Waals surface area contributed by atoms with Gasteiger partial charge in [-0.1, -0.05) is 115 Å². The minimum absolute atomic E-state index is 1.20. The molecule has 9 aromatic rings. The first-order valence-corrected chi connectivity index (χ1v) is 14.5. The molecule has 2 heterocycles. The van der Waals surface area contributed by atoms with Crippen molar-refractivity contribution in [1.29, 1.82) is 0 Å². The molecule has 1 N–H and O–H groups in total. The molecule has 0 bridgehead atoms. The van der Waals surface area contributed by atoms with Crippen LogP contribution >= 0.6 is 11.3 Å². The highest BCUT2D eigenvalue weighted by Crippen LogP contribution is 2.48. The summed E-state index contributed by atoms with van der Waals surface area (Å²) in [6.07, 6.45) is 0. The SMILES string of the molecule is c1ccc(-c2ccc(-c3ccc4sc5c(c4c3)c3ccccc3c3[nH]c4ccc6ccccc6c4c35)cc2)cc1. The largest absolute Gasteiger partial charge is 0.354 e. The second kappa shape index (κ2) is 8.29. The molecule has 0 amide bonds. The maximum atomic E-state index is 3.81. The highest BCUT2D eigenvalue weighted by Gasteiger charge is 2.19. The van der Waals surface area contributed by atoms with Gasteiger partial charge in [-0.05, 0) is 56.6 Å². The molecule has 0 aliphatic carbocycles. The molecule has 0 saturated carbocycles. The Kier molecular flexibility index (Phi) is 4.55. The van der Waals surface area contributed by atoms with E-state index in [1.165, 1.54) is 85.8 Å². The van der Waals surface area contributed by atoms with Gasteiger partial charge in [0, 0.05) is 41.8 Å². The molecular weight excluding hydrogens is 502 g/mol. The molecule has 0 atom stereocenters. The van der Waals surface area contributed by atoms with E-state index in [0.717, 1.165) is 0 Å². The number of aromatic nitrogens is 1. The topological polar surface area (TPSA) is 15.8 Å². The quantitative estimate of drug-likeness (QED) is 0.231. The monoisotopic (exact) mass is 525 g/mol. The molecule has 0 aliphatic rings. The van der Waals surface area contributed by atoms with Crippen molar-refractivity contribution in [3.63, 3.8) is 0 Å². The highest BCUT2D eigenvalue weighted by atomic mass is 32.1. The number of nitrogens with one attached hydrogen (secondary N) is 1. The molecule has 9 rings (SSSR count). The van der Waals surface area contributed by atoms with E-state index >= 15 is 0 Å². The van der Waals surface area contributed by atoms with Gasteiger partial charge in [0.2, 0.25) is 0 Å². The fraction of sp³-hybridized carbons (Fsp3) is 0. The maximum absolute atomic E-state index is 3.81. The van der Waals surface area contributed by atoms with Crippen molar-refractivity contribution in [1.82, 2.24) is 4.98 Å². The number of hydrogen-bond acceptors (Lipinski definition) is 1. The number of hydrogen-bond donors (Lipinski definition) is 1. The van der Waals surface area contributed by atoms with Crippen LogP contribution in [0.25, 0.3) is 85.8 Å². The van der Waals surface area contributed by atoms with Crippen molar-refractivity contribution in [2.45, 2.75) is 0 Å². The van der Waals surface area contributed by atoms with Crippen molar-refractivity contribution < 1.29 is 0 Å². The normalized spacial score (nSPS) is 12.0. The van der Waals surface area contributed by atoms with Gasteiger partial charge in [0.05, 0.1) is 5.52 Å². The van der Waals surface area contributed by atoms with Gasteiger partial charge in [0.1, 0.15) is 0 Å². The zero-order valence-corrected chi connectivity index (χ0v) is 22.4. The third-order valence-corrected chi connectivity index (χ3v) is 9.58. The van der Waals surface area contributed by atoms with Crippen molar-refractivity contribution in [2.24, 2.45) is 0 Å². The number of thiophene rings is 1. The molecule has 2 aromatic heterocycles. The molecular formula is C38H23NS. The first-order chi connectivity index (χ1) is 19.8. The van der Waals surface area contributed by atoms with Crippen LogP contribution in [0.5, 0.6) is 0 Å². The van der Waals surface area contributed by atoms with Gasteiger partial charge in [-0.3, -0.25) is 0 Å². The van der Waals surface area contributed by atoms with E-state index in [0.29, 0.717) is 0 Å². The summed E-state index contributed by atoms with van der Waals surface area (Å²) in [5.74, 6) is 0. The Labute approximate surface area is 234 Å². The predicted octanol–water partition coefficient (Wildman–Crippen LogP) is 11.3. The summed E-state index contributed by atoms with van der Waals surface area (Å²) in [6, 6.07) is 48.6. The Morgan fingerprint density at radius 2 is 1.07 bits per heavy atom. The van der Waals surface area contributed by atoms with E-state index in [9.17, 15) is 0 Å². The Balaban J connectivity index is 1.35. The number of H-pyrrole nitrogens is 1. The van der Waals surface area contributed by atoms with Gasteiger partial charge in [-0.15, -0.1) is 11.3 Å². The summed E-state index contributed by atoms with van der Waals surface area (Å²) >= 11 is 1.92. The lowest BCUT2D eigenvalue weighted by Gasteiger charge is -2.07. The average molecular weight is 526 g/mol.